The lowest BCUT2D eigenvalue weighted by Gasteiger charge is -2.34. The van der Waals surface area contributed by atoms with Crippen LogP contribution >= 0.6 is 0 Å². The highest BCUT2D eigenvalue weighted by atomic mass is 15.2. The number of hydrogen-bond acceptors (Lipinski definition) is 3. The number of rotatable bonds is 8. The van der Waals surface area contributed by atoms with Crippen LogP contribution in [0.25, 0.3) is 0 Å². The molecule has 1 aliphatic rings. The Balaban J connectivity index is 1.40. The van der Waals surface area contributed by atoms with Gasteiger partial charge in [0.05, 0.1) is 0 Å². The second kappa shape index (κ2) is 9.86. The Morgan fingerprint density at radius 3 is 2.19 bits per heavy atom. The number of hydrogen-bond donors (Lipinski definition) is 1. The highest BCUT2D eigenvalue weighted by Gasteiger charge is 2.21. The van der Waals surface area contributed by atoms with E-state index in [0.29, 0.717) is 12.1 Å². The van der Waals surface area contributed by atoms with E-state index in [-0.39, 0.29) is 0 Å². The topological polar surface area (TPSA) is 18.5 Å². The fourth-order valence-electron chi connectivity index (χ4n) is 3.84. The van der Waals surface area contributed by atoms with Gasteiger partial charge in [0.15, 0.2) is 0 Å². The first-order valence-electron chi connectivity index (χ1n) is 9.93. The first-order chi connectivity index (χ1) is 12.7. The predicted molar refractivity (Wildman–Crippen MR) is 110 cm³/mol. The van der Waals surface area contributed by atoms with Crippen LogP contribution in [0.15, 0.2) is 60.7 Å². The normalized spacial score (nSPS) is 17.5. The minimum absolute atomic E-state index is 0.437. The van der Waals surface area contributed by atoms with E-state index in [0.717, 1.165) is 13.0 Å². The molecule has 0 amide bonds. The van der Waals surface area contributed by atoms with Crippen molar-refractivity contribution in [1.82, 2.24) is 15.1 Å². The smallest absolute Gasteiger partial charge is 0.0466 e. The molecule has 0 bridgehead atoms. The van der Waals surface area contributed by atoms with Crippen LogP contribution in [0.1, 0.15) is 30.0 Å². The van der Waals surface area contributed by atoms with Crippen molar-refractivity contribution in [2.24, 2.45) is 0 Å². The number of likely N-dealkylation sites (tertiary alicyclic amines) is 1. The van der Waals surface area contributed by atoms with Gasteiger partial charge >= 0.3 is 0 Å². The molecule has 0 radical (unpaired) electrons. The highest BCUT2D eigenvalue weighted by molar-refractivity contribution is 5.19. The van der Waals surface area contributed by atoms with Crippen LogP contribution < -0.4 is 5.32 Å². The Bertz CT molecular complexity index is 618. The first kappa shape index (κ1) is 19.1. The lowest BCUT2D eigenvalue weighted by Crippen LogP contribution is -2.45. The van der Waals surface area contributed by atoms with Gasteiger partial charge in [-0.2, -0.15) is 0 Å². The molecule has 0 aliphatic carbocycles. The Labute approximate surface area is 159 Å². The van der Waals surface area contributed by atoms with Gasteiger partial charge < -0.3 is 15.1 Å². The van der Waals surface area contributed by atoms with Crippen molar-refractivity contribution in [3.63, 3.8) is 0 Å². The maximum absolute atomic E-state index is 3.83. The van der Waals surface area contributed by atoms with E-state index in [1.54, 1.807) is 0 Å². The van der Waals surface area contributed by atoms with E-state index in [4.69, 9.17) is 0 Å². The molecule has 26 heavy (non-hydrogen) atoms. The summed E-state index contributed by atoms with van der Waals surface area (Å²) in [7, 11) is 4.34. The lowest BCUT2D eigenvalue weighted by molar-refractivity contribution is 0.190. The zero-order chi connectivity index (χ0) is 18.2. The van der Waals surface area contributed by atoms with Crippen molar-refractivity contribution >= 4 is 0 Å². The van der Waals surface area contributed by atoms with E-state index >= 15 is 0 Å². The Hall–Kier alpha value is -1.68. The quantitative estimate of drug-likeness (QED) is 0.784. The fourth-order valence-corrected chi connectivity index (χ4v) is 3.84. The standard InChI is InChI=1S/C23H33N3/c1-25(2)23(21-11-7-4-8-12-21)19-24-22-14-17-26(18-15-22)16-13-20-9-5-3-6-10-20/h3-12,22-24H,13-19H2,1-2H3. The monoisotopic (exact) mass is 351 g/mol. The van der Waals surface area contributed by atoms with Gasteiger partial charge in [0.25, 0.3) is 0 Å². The van der Waals surface area contributed by atoms with Crippen molar-refractivity contribution in [3.8, 4) is 0 Å². The van der Waals surface area contributed by atoms with E-state index in [9.17, 15) is 0 Å². The Kier molecular flexibility index (Phi) is 7.24. The zero-order valence-corrected chi connectivity index (χ0v) is 16.3. The van der Waals surface area contributed by atoms with Gasteiger partial charge in [0, 0.05) is 25.2 Å². The Morgan fingerprint density at radius 2 is 1.58 bits per heavy atom. The third-order valence-electron chi connectivity index (χ3n) is 5.55. The van der Waals surface area contributed by atoms with Gasteiger partial charge in [-0.3, -0.25) is 0 Å². The van der Waals surface area contributed by atoms with Crippen LogP contribution in [0.4, 0.5) is 0 Å². The van der Waals surface area contributed by atoms with Gasteiger partial charge in [-0.05, 0) is 57.6 Å². The molecule has 1 fully saturated rings. The van der Waals surface area contributed by atoms with Crippen molar-refractivity contribution < 1.29 is 0 Å². The molecule has 1 saturated heterocycles. The summed E-state index contributed by atoms with van der Waals surface area (Å²) in [5.74, 6) is 0. The van der Waals surface area contributed by atoms with Gasteiger partial charge in [0.2, 0.25) is 0 Å². The summed E-state index contributed by atoms with van der Waals surface area (Å²) in [5, 5.41) is 3.83. The van der Waals surface area contributed by atoms with Gasteiger partial charge in [0.1, 0.15) is 0 Å². The van der Waals surface area contributed by atoms with E-state index in [1.165, 1.54) is 43.6 Å². The molecule has 2 aromatic rings. The third kappa shape index (κ3) is 5.66. The van der Waals surface area contributed by atoms with Crippen LogP contribution in [0.2, 0.25) is 0 Å². The van der Waals surface area contributed by atoms with Gasteiger partial charge in [-0.15, -0.1) is 0 Å². The summed E-state index contributed by atoms with van der Waals surface area (Å²) >= 11 is 0. The molecule has 2 aromatic carbocycles. The van der Waals surface area contributed by atoms with Crippen molar-refractivity contribution in [1.29, 1.82) is 0 Å². The third-order valence-corrected chi connectivity index (χ3v) is 5.55. The summed E-state index contributed by atoms with van der Waals surface area (Å²) in [6, 6.07) is 22.8. The second-order valence-corrected chi connectivity index (χ2v) is 7.65. The largest absolute Gasteiger partial charge is 0.312 e. The SMILES string of the molecule is CN(C)C(CNC1CCN(CCc2ccccc2)CC1)c1ccccc1. The highest BCUT2D eigenvalue weighted by Crippen LogP contribution is 2.18. The zero-order valence-electron chi connectivity index (χ0n) is 16.3. The molecular formula is C23H33N3. The Morgan fingerprint density at radius 1 is 0.962 bits per heavy atom. The van der Waals surface area contributed by atoms with E-state index < -0.39 is 0 Å². The van der Waals surface area contributed by atoms with Crippen molar-refractivity contribution in [3.05, 3.63) is 71.8 Å². The predicted octanol–water partition coefficient (Wildman–Crippen LogP) is 3.59. The maximum atomic E-state index is 3.83. The molecular weight excluding hydrogens is 318 g/mol. The van der Waals surface area contributed by atoms with Crippen LogP contribution in [0, 0.1) is 0 Å². The summed E-state index contributed by atoms with van der Waals surface area (Å²) in [6.45, 7) is 4.62. The summed E-state index contributed by atoms with van der Waals surface area (Å²) < 4.78 is 0. The molecule has 3 rings (SSSR count). The fraction of sp³-hybridized carbons (Fsp3) is 0.478. The minimum Gasteiger partial charge on any atom is -0.312 e. The summed E-state index contributed by atoms with van der Waals surface area (Å²) in [6.07, 6.45) is 3.67. The number of piperidine rings is 1. The van der Waals surface area contributed by atoms with Crippen LogP contribution in [-0.4, -0.2) is 56.1 Å². The van der Waals surface area contributed by atoms with Crippen LogP contribution in [0.3, 0.4) is 0 Å². The molecule has 3 nitrogen and oxygen atoms in total. The number of likely N-dealkylation sites (N-methyl/N-ethyl adjacent to an activating group) is 1. The molecule has 3 heteroatoms. The van der Waals surface area contributed by atoms with E-state index in [2.05, 4.69) is 89.9 Å². The summed E-state index contributed by atoms with van der Waals surface area (Å²) in [4.78, 5) is 4.93. The maximum Gasteiger partial charge on any atom is 0.0466 e. The van der Waals surface area contributed by atoms with Gasteiger partial charge in [-0.25, -0.2) is 0 Å². The average Bonchev–Trinajstić information content (AvgIpc) is 2.69. The minimum atomic E-state index is 0.437. The molecule has 140 valence electrons. The summed E-state index contributed by atoms with van der Waals surface area (Å²) in [5.41, 5.74) is 2.84. The average molecular weight is 352 g/mol. The molecule has 1 heterocycles. The number of benzene rings is 2. The molecule has 1 N–H and O–H groups in total. The van der Waals surface area contributed by atoms with E-state index in [1.807, 2.05) is 0 Å². The molecule has 1 atom stereocenters. The molecule has 0 saturated carbocycles. The molecule has 1 unspecified atom stereocenters. The lowest BCUT2D eigenvalue weighted by atomic mass is 10.0. The molecule has 1 aliphatic heterocycles. The number of nitrogens with one attached hydrogen (secondary N) is 1. The first-order valence-corrected chi connectivity index (χ1v) is 9.93. The second-order valence-electron chi connectivity index (χ2n) is 7.65. The molecule has 0 spiro atoms. The molecule has 0 aromatic heterocycles. The van der Waals surface area contributed by atoms with Gasteiger partial charge in [-0.1, -0.05) is 60.7 Å². The van der Waals surface area contributed by atoms with Crippen LogP contribution in [-0.2, 0) is 6.42 Å². The van der Waals surface area contributed by atoms with Crippen molar-refractivity contribution in [2.45, 2.75) is 31.3 Å². The number of nitrogens with zero attached hydrogens (tertiary/aromatic N) is 2. The van der Waals surface area contributed by atoms with Crippen LogP contribution in [0.5, 0.6) is 0 Å². The van der Waals surface area contributed by atoms with Crippen molar-refractivity contribution in [2.75, 3.05) is 40.3 Å².